The standard InChI is InChI=1S/C31H34N/c1-19-13-16-25-28(27(19)26-17-20(2)21(3)18-32(26)8)24-15-14-22-11-9-10-12-23(22)29(24)31(6,7)30(25,4)5/h9-18H,1-8H3/q+1. The van der Waals surface area contributed by atoms with E-state index in [1.54, 1.807) is 0 Å². The molecule has 0 N–H and O–H groups in total. The molecule has 0 spiro atoms. The van der Waals surface area contributed by atoms with E-state index in [0.29, 0.717) is 0 Å². The van der Waals surface area contributed by atoms with Crippen LogP contribution in [0, 0.1) is 20.8 Å². The largest absolute Gasteiger partial charge is 0.213 e. The van der Waals surface area contributed by atoms with Crippen molar-refractivity contribution < 1.29 is 4.57 Å². The molecule has 3 aromatic carbocycles. The Morgan fingerprint density at radius 2 is 1.41 bits per heavy atom. The summed E-state index contributed by atoms with van der Waals surface area (Å²) in [5.41, 5.74) is 12.4. The lowest BCUT2D eigenvalue weighted by Crippen LogP contribution is -2.44. The van der Waals surface area contributed by atoms with Gasteiger partial charge >= 0.3 is 0 Å². The molecule has 1 aliphatic carbocycles. The molecular weight excluding hydrogens is 386 g/mol. The zero-order chi connectivity index (χ0) is 23.0. The van der Waals surface area contributed by atoms with Gasteiger partial charge in [0.2, 0.25) is 5.69 Å². The summed E-state index contributed by atoms with van der Waals surface area (Å²) in [5.74, 6) is 0. The molecule has 0 atom stereocenters. The Hall–Kier alpha value is -2.93. The second-order valence-corrected chi connectivity index (χ2v) is 10.8. The number of pyridine rings is 1. The van der Waals surface area contributed by atoms with Crippen LogP contribution in [-0.4, -0.2) is 0 Å². The van der Waals surface area contributed by atoms with Crippen molar-refractivity contribution in [2.75, 3.05) is 0 Å². The minimum Gasteiger partial charge on any atom is -0.201 e. The fourth-order valence-corrected chi connectivity index (χ4v) is 5.77. The Labute approximate surface area is 192 Å². The van der Waals surface area contributed by atoms with Crippen molar-refractivity contribution in [1.82, 2.24) is 0 Å². The predicted molar refractivity (Wildman–Crippen MR) is 136 cm³/mol. The molecule has 1 heterocycles. The van der Waals surface area contributed by atoms with Gasteiger partial charge in [0.05, 0.1) is 5.56 Å². The number of nitrogens with zero attached hydrogens (tertiary/aromatic N) is 1. The van der Waals surface area contributed by atoms with E-state index in [1.807, 2.05) is 0 Å². The van der Waals surface area contributed by atoms with Crippen LogP contribution in [0.1, 0.15) is 55.5 Å². The van der Waals surface area contributed by atoms with Gasteiger partial charge in [0, 0.05) is 17.0 Å². The third kappa shape index (κ3) is 2.67. The first-order valence-electron chi connectivity index (χ1n) is 11.7. The second kappa shape index (κ2) is 6.78. The molecule has 0 amide bonds. The van der Waals surface area contributed by atoms with E-state index in [-0.39, 0.29) is 10.8 Å². The zero-order valence-electron chi connectivity index (χ0n) is 20.7. The van der Waals surface area contributed by atoms with E-state index >= 15 is 0 Å². The Morgan fingerprint density at radius 1 is 0.688 bits per heavy atom. The van der Waals surface area contributed by atoms with Gasteiger partial charge in [-0.3, -0.25) is 0 Å². The minimum absolute atomic E-state index is 0.00585. The van der Waals surface area contributed by atoms with Crippen molar-refractivity contribution in [2.24, 2.45) is 7.05 Å². The second-order valence-electron chi connectivity index (χ2n) is 10.8. The van der Waals surface area contributed by atoms with Crippen molar-refractivity contribution in [2.45, 2.75) is 59.3 Å². The van der Waals surface area contributed by atoms with Crippen LogP contribution in [0.2, 0.25) is 0 Å². The zero-order valence-corrected chi connectivity index (χ0v) is 20.7. The van der Waals surface area contributed by atoms with E-state index in [9.17, 15) is 0 Å². The molecule has 4 aromatic rings. The summed E-state index contributed by atoms with van der Waals surface area (Å²) in [6.07, 6.45) is 2.27. The minimum atomic E-state index is -0.0137. The molecule has 0 saturated heterocycles. The topological polar surface area (TPSA) is 3.88 Å². The Morgan fingerprint density at radius 3 is 2.16 bits per heavy atom. The van der Waals surface area contributed by atoms with Crippen molar-refractivity contribution in [3.05, 3.63) is 88.6 Å². The molecule has 5 rings (SSSR count). The lowest BCUT2D eigenvalue weighted by atomic mass is 9.54. The SMILES string of the molecule is Cc1cc(-c2c(C)ccc3c2-c2ccc4ccccc4c2C(C)(C)C3(C)C)[n+](C)cc1C. The summed E-state index contributed by atoms with van der Waals surface area (Å²) >= 11 is 0. The first kappa shape index (κ1) is 20.9. The highest BCUT2D eigenvalue weighted by Gasteiger charge is 2.47. The van der Waals surface area contributed by atoms with E-state index in [0.717, 1.165) is 0 Å². The third-order valence-electron chi connectivity index (χ3n) is 8.47. The van der Waals surface area contributed by atoms with Crippen molar-refractivity contribution in [3.63, 3.8) is 0 Å². The number of rotatable bonds is 1. The van der Waals surface area contributed by atoms with Crippen LogP contribution in [0.25, 0.3) is 33.2 Å². The van der Waals surface area contributed by atoms with Gasteiger partial charge in [-0.25, -0.2) is 4.57 Å². The van der Waals surface area contributed by atoms with Crippen molar-refractivity contribution in [1.29, 1.82) is 0 Å². The quantitative estimate of drug-likeness (QED) is 0.281. The molecule has 162 valence electrons. The lowest BCUT2D eigenvalue weighted by Gasteiger charge is -2.49. The van der Waals surface area contributed by atoms with Gasteiger partial charge in [0.25, 0.3) is 0 Å². The maximum Gasteiger partial charge on any atom is 0.213 e. The van der Waals surface area contributed by atoms with Crippen LogP contribution in [0.4, 0.5) is 0 Å². The van der Waals surface area contributed by atoms with Gasteiger partial charge in [-0.1, -0.05) is 76.2 Å². The number of hydrogen-bond acceptors (Lipinski definition) is 0. The van der Waals surface area contributed by atoms with E-state index in [2.05, 4.69) is 121 Å². The van der Waals surface area contributed by atoms with Gasteiger partial charge in [0.1, 0.15) is 7.05 Å². The van der Waals surface area contributed by atoms with Crippen LogP contribution < -0.4 is 4.57 Å². The average molecular weight is 421 g/mol. The summed E-state index contributed by atoms with van der Waals surface area (Å²) in [4.78, 5) is 0. The maximum absolute atomic E-state index is 2.43. The van der Waals surface area contributed by atoms with Crippen LogP contribution in [0.3, 0.4) is 0 Å². The number of hydrogen-bond donors (Lipinski definition) is 0. The molecule has 1 aromatic heterocycles. The number of fused-ring (bicyclic) bond motifs is 5. The highest BCUT2D eigenvalue weighted by Crippen LogP contribution is 2.57. The maximum atomic E-state index is 2.43. The Kier molecular flexibility index (Phi) is 4.44. The third-order valence-corrected chi connectivity index (χ3v) is 8.47. The van der Waals surface area contributed by atoms with Gasteiger partial charge in [0.15, 0.2) is 6.20 Å². The monoisotopic (exact) mass is 420 g/mol. The van der Waals surface area contributed by atoms with Crippen LogP contribution >= 0.6 is 0 Å². The highest BCUT2D eigenvalue weighted by atomic mass is 14.9. The fourth-order valence-electron chi connectivity index (χ4n) is 5.77. The molecule has 0 bridgehead atoms. The van der Waals surface area contributed by atoms with Crippen LogP contribution in [0.5, 0.6) is 0 Å². The van der Waals surface area contributed by atoms with Gasteiger partial charge in [-0.15, -0.1) is 0 Å². The Bertz CT molecular complexity index is 1400. The van der Waals surface area contributed by atoms with Crippen LogP contribution in [-0.2, 0) is 17.9 Å². The van der Waals surface area contributed by atoms with Crippen LogP contribution in [0.15, 0.2) is 60.8 Å². The molecule has 0 aliphatic heterocycles. The Balaban J connectivity index is 1.99. The first-order valence-corrected chi connectivity index (χ1v) is 11.7. The molecule has 1 aliphatic rings. The normalized spacial score (nSPS) is 16.0. The number of aromatic nitrogens is 1. The summed E-state index contributed by atoms with van der Waals surface area (Å²) < 4.78 is 2.30. The highest BCUT2D eigenvalue weighted by molar-refractivity contribution is 5.99. The molecule has 0 unspecified atom stereocenters. The summed E-state index contributed by atoms with van der Waals surface area (Å²) in [6.45, 7) is 16.4. The fraction of sp³-hybridized carbons (Fsp3) is 0.323. The summed E-state index contributed by atoms with van der Waals surface area (Å²) in [5, 5.41) is 2.70. The van der Waals surface area contributed by atoms with Crippen molar-refractivity contribution >= 4 is 10.8 Å². The molecular formula is C31H34N+. The predicted octanol–water partition coefficient (Wildman–Crippen LogP) is 7.49. The molecule has 32 heavy (non-hydrogen) atoms. The van der Waals surface area contributed by atoms with Gasteiger partial charge < -0.3 is 0 Å². The van der Waals surface area contributed by atoms with Crippen molar-refractivity contribution in [3.8, 4) is 22.4 Å². The molecule has 0 radical (unpaired) electrons. The first-order chi connectivity index (χ1) is 15.1. The van der Waals surface area contributed by atoms with E-state index in [1.165, 1.54) is 61.0 Å². The number of aryl methyl sites for hydroxylation is 4. The summed E-state index contributed by atoms with van der Waals surface area (Å²) in [7, 11) is 2.18. The molecule has 1 heteroatoms. The summed E-state index contributed by atoms with van der Waals surface area (Å²) in [6, 6.07) is 20.6. The average Bonchev–Trinajstić information content (AvgIpc) is 2.74. The van der Waals surface area contributed by atoms with Gasteiger partial charge in [-0.05, 0) is 70.3 Å². The molecule has 0 fully saturated rings. The number of benzene rings is 3. The van der Waals surface area contributed by atoms with E-state index in [4.69, 9.17) is 0 Å². The van der Waals surface area contributed by atoms with E-state index < -0.39 is 0 Å². The van der Waals surface area contributed by atoms with Gasteiger partial charge in [-0.2, -0.15) is 0 Å². The molecule has 0 saturated carbocycles. The lowest BCUT2D eigenvalue weighted by molar-refractivity contribution is -0.660. The smallest absolute Gasteiger partial charge is 0.201 e. The molecule has 1 nitrogen and oxygen atoms in total.